The van der Waals surface area contributed by atoms with E-state index in [9.17, 15) is 8.42 Å². The summed E-state index contributed by atoms with van der Waals surface area (Å²) in [6.45, 7) is 1.49. The lowest BCUT2D eigenvalue weighted by molar-refractivity contribution is 0.497. The average molecular weight is 312 g/mol. The number of piperidine rings is 1. The summed E-state index contributed by atoms with van der Waals surface area (Å²) in [5.41, 5.74) is 0. The van der Waals surface area contributed by atoms with Crippen LogP contribution in [0.2, 0.25) is 0 Å². The van der Waals surface area contributed by atoms with Crippen LogP contribution in [-0.2, 0) is 9.84 Å². The van der Waals surface area contributed by atoms with Crippen LogP contribution in [0.25, 0.3) is 10.8 Å². The first-order chi connectivity index (χ1) is 9.18. The van der Waals surface area contributed by atoms with Gasteiger partial charge >= 0.3 is 0 Å². The molecule has 0 spiro atoms. The minimum Gasteiger partial charge on any atom is -0.315 e. The SMILES string of the molecule is Cl.O=S(=O)(c1ccc2ccccc2c1)C1CCCNC1. The van der Waals surface area contributed by atoms with Crippen LogP contribution < -0.4 is 5.32 Å². The number of sulfone groups is 1. The fourth-order valence-corrected chi connectivity index (χ4v) is 4.37. The molecule has 108 valence electrons. The summed E-state index contributed by atoms with van der Waals surface area (Å²) in [6.07, 6.45) is 1.68. The van der Waals surface area contributed by atoms with Gasteiger partial charge in [0.1, 0.15) is 0 Å². The molecule has 5 heteroatoms. The van der Waals surface area contributed by atoms with Gasteiger partial charge in [0.25, 0.3) is 0 Å². The Morgan fingerprint density at radius 1 is 1.05 bits per heavy atom. The summed E-state index contributed by atoms with van der Waals surface area (Å²) < 4.78 is 25.2. The van der Waals surface area contributed by atoms with E-state index >= 15 is 0 Å². The standard InChI is InChI=1S/C15H17NO2S.ClH/c17-19(18,15-6-3-9-16-11-15)14-8-7-12-4-1-2-5-13(12)10-14;/h1-2,4-5,7-8,10,15-16H,3,6,9,11H2;1H. The minimum absolute atomic E-state index is 0. The maximum Gasteiger partial charge on any atom is 0.182 e. The molecule has 1 aliphatic heterocycles. The van der Waals surface area contributed by atoms with Gasteiger partial charge < -0.3 is 5.32 Å². The highest BCUT2D eigenvalue weighted by Crippen LogP contribution is 2.24. The average Bonchev–Trinajstić information content (AvgIpc) is 2.47. The Morgan fingerprint density at radius 3 is 2.50 bits per heavy atom. The number of rotatable bonds is 2. The number of benzene rings is 2. The van der Waals surface area contributed by atoms with Crippen LogP contribution in [0.5, 0.6) is 0 Å². The predicted octanol–water partition coefficient (Wildman–Crippen LogP) is 2.79. The fraction of sp³-hybridized carbons (Fsp3) is 0.333. The van der Waals surface area contributed by atoms with Gasteiger partial charge in [0.2, 0.25) is 0 Å². The summed E-state index contributed by atoms with van der Waals surface area (Å²) in [5, 5.41) is 4.93. The highest BCUT2D eigenvalue weighted by molar-refractivity contribution is 7.92. The summed E-state index contributed by atoms with van der Waals surface area (Å²) in [6, 6.07) is 13.2. The molecule has 0 saturated carbocycles. The van der Waals surface area contributed by atoms with E-state index in [4.69, 9.17) is 0 Å². The van der Waals surface area contributed by atoms with Crippen LogP contribution in [0.3, 0.4) is 0 Å². The van der Waals surface area contributed by atoms with E-state index < -0.39 is 9.84 Å². The highest BCUT2D eigenvalue weighted by atomic mass is 35.5. The van der Waals surface area contributed by atoms with Crippen molar-refractivity contribution in [1.29, 1.82) is 0 Å². The summed E-state index contributed by atoms with van der Waals surface area (Å²) >= 11 is 0. The number of hydrogen-bond acceptors (Lipinski definition) is 3. The predicted molar refractivity (Wildman–Crippen MR) is 84.3 cm³/mol. The first-order valence-electron chi connectivity index (χ1n) is 6.61. The molecular formula is C15H18ClNO2S. The molecule has 0 aromatic heterocycles. The second kappa shape index (κ2) is 6.12. The van der Waals surface area contributed by atoms with Gasteiger partial charge in [-0.05, 0) is 42.3 Å². The van der Waals surface area contributed by atoms with Crippen molar-refractivity contribution in [2.75, 3.05) is 13.1 Å². The van der Waals surface area contributed by atoms with Crippen molar-refractivity contribution in [3.8, 4) is 0 Å². The van der Waals surface area contributed by atoms with E-state index in [-0.39, 0.29) is 17.7 Å². The van der Waals surface area contributed by atoms with Crippen LogP contribution in [0, 0.1) is 0 Å². The molecular weight excluding hydrogens is 294 g/mol. The third kappa shape index (κ3) is 2.82. The van der Waals surface area contributed by atoms with Gasteiger partial charge in [-0.3, -0.25) is 0 Å². The first kappa shape index (κ1) is 15.3. The number of halogens is 1. The van der Waals surface area contributed by atoms with Crippen molar-refractivity contribution in [1.82, 2.24) is 5.32 Å². The normalized spacial score (nSPS) is 19.5. The zero-order chi connectivity index (χ0) is 13.3. The molecule has 3 rings (SSSR count). The molecule has 3 nitrogen and oxygen atoms in total. The molecule has 1 fully saturated rings. The maximum atomic E-state index is 12.6. The molecule has 1 atom stereocenters. The molecule has 0 bridgehead atoms. The molecule has 1 N–H and O–H groups in total. The Hall–Kier alpha value is -1.10. The lowest BCUT2D eigenvalue weighted by atomic mass is 10.1. The lowest BCUT2D eigenvalue weighted by Gasteiger charge is -2.23. The zero-order valence-corrected chi connectivity index (χ0v) is 12.7. The Morgan fingerprint density at radius 2 is 1.80 bits per heavy atom. The van der Waals surface area contributed by atoms with Crippen molar-refractivity contribution in [2.45, 2.75) is 23.0 Å². The molecule has 2 aromatic rings. The van der Waals surface area contributed by atoms with Gasteiger partial charge in [-0.1, -0.05) is 30.3 Å². The third-order valence-corrected chi connectivity index (χ3v) is 5.93. The van der Waals surface area contributed by atoms with E-state index in [1.807, 2.05) is 30.3 Å². The molecule has 20 heavy (non-hydrogen) atoms. The molecule has 1 saturated heterocycles. The molecule has 1 aliphatic rings. The molecule has 1 heterocycles. The van der Waals surface area contributed by atoms with Crippen LogP contribution in [0.15, 0.2) is 47.4 Å². The Labute approximate surface area is 125 Å². The Kier molecular flexibility index (Phi) is 4.68. The smallest absolute Gasteiger partial charge is 0.182 e. The first-order valence-corrected chi connectivity index (χ1v) is 8.16. The van der Waals surface area contributed by atoms with Crippen molar-refractivity contribution >= 4 is 33.0 Å². The molecule has 0 amide bonds. The molecule has 1 unspecified atom stereocenters. The monoisotopic (exact) mass is 311 g/mol. The van der Waals surface area contributed by atoms with Gasteiger partial charge in [0.05, 0.1) is 10.1 Å². The van der Waals surface area contributed by atoms with E-state index in [1.165, 1.54) is 0 Å². The van der Waals surface area contributed by atoms with Crippen molar-refractivity contribution < 1.29 is 8.42 Å². The Balaban J connectivity index is 0.00000147. The number of nitrogens with one attached hydrogen (secondary N) is 1. The number of fused-ring (bicyclic) bond motifs is 1. The maximum absolute atomic E-state index is 12.6. The number of hydrogen-bond donors (Lipinski definition) is 1. The summed E-state index contributed by atoms with van der Waals surface area (Å²) in [7, 11) is -3.22. The largest absolute Gasteiger partial charge is 0.315 e. The molecule has 0 aliphatic carbocycles. The van der Waals surface area contributed by atoms with E-state index in [0.29, 0.717) is 11.4 Å². The van der Waals surface area contributed by atoms with E-state index in [0.717, 1.165) is 30.2 Å². The van der Waals surface area contributed by atoms with Gasteiger partial charge in [-0.15, -0.1) is 12.4 Å². The van der Waals surface area contributed by atoms with E-state index in [2.05, 4.69) is 5.32 Å². The van der Waals surface area contributed by atoms with Gasteiger partial charge in [-0.25, -0.2) is 8.42 Å². The second-order valence-corrected chi connectivity index (χ2v) is 7.25. The van der Waals surface area contributed by atoms with Gasteiger partial charge in [0, 0.05) is 6.54 Å². The van der Waals surface area contributed by atoms with Gasteiger partial charge in [0.15, 0.2) is 9.84 Å². The van der Waals surface area contributed by atoms with Crippen LogP contribution in [0.1, 0.15) is 12.8 Å². The molecule has 2 aromatic carbocycles. The highest BCUT2D eigenvalue weighted by Gasteiger charge is 2.28. The summed E-state index contributed by atoms with van der Waals surface area (Å²) in [4.78, 5) is 0.444. The topological polar surface area (TPSA) is 46.2 Å². The minimum atomic E-state index is -3.22. The quantitative estimate of drug-likeness (QED) is 0.927. The third-order valence-electron chi connectivity index (χ3n) is 3.74. The van der Waals surface area contributed by atoms with Crippen LogP contribution in [0.4, 0.5) is 0 Å². The Bertz CT molecular complexity index is 694. The lowest BCUT2D eigenvalue weighted by Crippen LogP contribution is -2.38. The van der Waals surface area contributed by atoms with Gasteiger partial charge in [-0.2, -0.15) is 0 Å². The van der Waals surface area contributed by atoms with Crippen molar-refractivity contribution in [2.24, 2.45) is 0 Å². The molecule has 0 radical (unpaired) electrons. The second-order valence-electron chi connectivity index (χ2n) is 5.02. The van der Waals surface area contributed by atoms with Crippen LogP contribution in [-0.4, -0.2) is 26.8 Å². The fourth-order valence-electron chi connectivity index (χ4n) is 2.62. The van der Waals surface area contributed by atoms with Crippen molar-refractivity contribution in [3.63, 3.8) is 0 Å². The van der Waals surface area contributed by atoms with Crippen molar-refractivity contribution in [3.05, 3.63) is 42.5 Å². The van der Waals surface area contributed by atoms with Crippen LogP contribution >= 0.6 is 12.4 Å². The van der Waals surface area contributed by atoms with E-state index in [1.54, 1.807) is 12.1 Å². The zero-order valence-electron chi connectivity index (χ0n) is 11.1. The summed E-state index contributed by atoms with van der Waals surface area (Å²) in [5.74, 6) is 0.